The van der Waals surface area contributed by atoms with E-state index in [0.29, 0.717) is 0 Å². The molecule has 0 fully saturated rings. The quantitative estimate of drug-likeness (QED) is 0.536. The van der Waals surface area contributed by atoms with Crippen LogP contribution in [-0.2, 0) is 0 Å². The topological polar surface area (TPSA) is 15.6 Å². The molecule has 0 N–H and O–H groups in total. The minimum Gasteiger partial charge on any atom is -0.345 e. The van der Waals surface area contributed by atoms with E-state index in [9.17, 15) is 0 Å². The Morgan fingerprint density at radius 3 is 2.53 bits per heavy atom. The summed E-state index contributed by atoms with van der Waals surface area (Å²) in [5.74, 6) is 0. The lowest BCUT2D eigenvalue weighted by Gasteiger charge is -2.22. The van der Waals surface area contributed by atoms with Crippen LogP contribution in [0.15, 0.2) is 29.7 Å². The Balaban J connectivity index is 1.97. The second-order valence-electron chi connectivity index (χ2n) is 4.72. The number of nitrogens with zero attached hydrogens (tertiary/aromatic N) is 2. The molecule has 1 heterocycles. The molecule has 17 heavy (non-hydrogen) atoms. The number of rotatable bonds is 9. The van der Waals surface area contributed by atoms with Gasteiger partial charge in [-0.3, -0.25) is 4.99 Å². The van der Waals surface area contributed by atoms with E-state index in [-0.39, 0.29) is 0 Å². The summed E-state index contributed by atoms with van der Waals surface area (Å²) in [5, 5.41) is 0. The van der Waals surface area contributed by atoms with Gasteiger partial charge in [0.25, 0.3) is 0 Å². The van der Waals surface area contributed by atoms with Crippen molar-refractivity contribution in [1.82, 2.24) is 4.90 Å². The van der Waals surface area contributed by atoms with Crippen molar-refractivity contribution in [1.29, 1.82) is 0 Å². The third-order valence-corrected chi connectivity index (χ3v) is 3.19. The molecule has 0 atom stereocenters. The maximum Gasteiger partial charge on any atom is 0.0576 e. The molecule has 1 aliphatic heterocycles. The molecule has 0 bridgehead atoms. The van der Waals surface area contributed by atoms with E-state index in [4.69, 9.17) is 0 Å². The van der Waals surface area contributed by atoms with E-state index in [1.165, 1.54) is 50.6 Å². The number of aliphatic imine (C=N–C) groups is 1. The first-order chi connectivity index (χ1) is 8.34. The zero-order chi connectivity index (χ0) is 12.3. The van der Waals surface area contributed by atoms with Crippen molar-refractivity contribution in [2.75, 3.05) is 6.54 Å². The molecule has 1 aliphatic rings. The van der Waals surface area contributed by atoms with Gasteiger partial charge in [-0.2, -0.15) is 0 Å². The minimum atomic E-state index is 0.881. The summed E-state index contributed by atoms with van der Waals surface area (Å²) in [5.41, 5.74) is 1.22. The van der Waals surface area contributed by atoms with Crippen LogP contribution in [0.1, 0.15) is 58.3 Å². The van der Waals surface area contributed by atoms with Gasteiger partial charge in [0.2, 0.25) is 0 Å². The fourth-order valence-electron chi connectivity index (χ4n) is 2.04. The zero-order valence-corrected chi connectivity index (χ0v) is 11.2. The van der Waals surface area contributed by atoms with Gasteiger partial charge in [-0.1, -0.05) is 52.0 Å². The molecule has 0 spiro atoms. The lowest BCUT2D eigenvalue weighted by molar-refractivity contribution is 0.487. The number of hydrogen-bond acceptors (Lipinski definition) is 2. The fourth-order valence-corrected chi connectivity index (χ4v) is 2.04. The van der Waals surface area contributed by atoms with Gasteiger partial charge in [-0.25, -0.2) is 0 Å². The highest BCUT2D eigenvalue weighted by atomic mass is 15.1. The summed E-state index contributed by atoms with van der Waals surface area (Å²) in [6, 6.07) is 0. The predicted molar refractivity (Wildman–Crippen MR) is 76.1 cm³/mol. The molecule has 0 amide bonds. The Labute approximate surface area is 106 Å². The molecule has 0 aliphatic carbocycles. The minimum absolute atomic E-state index is 0.881. The van der Waals surface area contributed by atoms with Crippen LogP contribution < -0.4 is 0 Å². The summed E-state index contributed by atoms with van der Waals surface area (Å²) < 4.78 is 0. The molecule has 0 aromatic heterocycles. The molecule has 0 radical (unpaired) electrons. The van der Waals surface area contributed by atoms with Crippen molar-refractivity contribution in [3.63, 3.8) is 0 Å². The first-order valence-electron chi connectivity index (χ1n) is 6.97. The van der Waals surface area contributed by atoms with E-state index >= 15 is 0 Å². The molecular formula is C15H26N2. The van der Waals surface area contributed by atoms with Crippen molar-refractivity contribution >= 4 is 6.21 Å². The highest BCUT2D eigenvalue weighted by Gasteiger charge is 2.04. The summed E-state index contributed by atoms with van der Waals surface area (Å²) in [6.07, 6.45) is 16.4. The van der Waals surface area contributed by atoms with Crippen LogP contribution in [0.5, 0.6) is 0 Å². The maximum atomic E-state index is 4.14. The van der Waals surface area contributed by atoms with Gasteiger partial charge in [0, 0.05) is 24.3 Å². The number of unbranched alkanes of at least 4 members (excludes halogenated alkanes) is 6. The van der Waals surface area contributed by atoms with Gasteiger partial charge in [0.1, 0.15) is 0 Å². The summed E-state index contributed by atoms with van der Waals surface area (Å²) in [7, 11) is 0. The fraction of sp³-hybridized carbons (Fsp3) is 0.667. The van der Waals surface area contributed by atoms with Crippen LogP contribution in [0.25, 0.3) is 0 Å². The molecule has 96 valence electrons. The standard InChI is InChI=1S/C15H26N2/c1-3-4-5-6-7-8-9-10-15(2)17-13-11-16-12-14-17/h11-13H,2-10,14H2,1H3. The Kier molecular flexibility index (Phi) is 7.44. The van der Waals surface area contributed by atoms with E-state index in [2.05, 4.69) is 23.4 Å². The summed E-state index contributed by atoms with van der Waals surface area (Å²) >= 11 is 0. The Morgan fingerprint density at radius 2 is 1.88 bits per heavy atom. The van der Waals surface area contributed by atoms with Crippen molar-refractivity contribution in [3.8, 4) is 0 Å². The molecule has 0 saturated carbocycles. The monoisotopic (exact) mass is 234 g/mol. The largest absolute Gasteiger partial charge is 0.345 e. The normalized spacial score (nSPS) is 14.3. The molecule has 2 heteroatoms. The molecule has 0 saturated heterocycles. The van der Waals surface area contributed by atoms with Gasteiger partial charge in [0.05, 0.1) is 6.54 Å². The highest BCUT2D eigenvalue weighted by molar-refractivity contribution is 5.62. The van der Waals surface area contributed by atoms with Crippen LogP contribution in [0, 0.1) is 0 Å². The van der Waals surface area contributed by atoms with Gasteiger partial charge >= 0.3 is 0 Å². The van der Waals surface area contributed by atoms with Gasteiger partial charge < -0.3 is 4.90 Å². The molecule has 1 rings (SSSR count). The maximum absolute atomic E-state index is 4.14. The zero-order valence-electron chi connectivity index (χ0n) is 11.2. The average molecular weight is 234 g/mol. The van der Waals surface area contributed by atoms with Crippen molar-refractivity contribution in [2.45, 2.75) is 58.3 Å². The first-order valence-corrected chi connectivity index (χ1v) is 6.97. The van der Waals surface area contributed by atoms with Crippen LogP contribution in [0.3, 0.4) is 0 Å². The highest BCUT2D eigenvalue weighted by Crippen LogP contribution is 2.15. The van der Waals surface area contributed by atoms with E-state index in [0.717, 1.165) is 13.0 Å². The molecule has 0 aromatic carbocycles. The predicted octanol–water partition coefficient (Wildman–Crippen LogP) is 4.50. The van der Waals surface area contributed by atoms with Crippen LogP contribution >= 0.6 is 0 Å². The molecule has 0 aromatic rings. The van der Waals surface area contributed by atoms with Gasteiger partial charge in [0.15, 0.2) is 0 Å². The number of allylic oxidation sites excluding steroid dienone is 1. The Bertz CT molecular complexity index is 266. The van der Waals surface area contributed by atoms with Gasteiger partial charge in [-0.15, -0.1) is 0 Å². The second kappa shape index (κ2) is 9.03. The van der Waals surface area contributed by atoms with E-state index < -0.39 is 0 Å². The van der Waals surface area contributed by atoms with Crippen molar-refractivity contribution in [3.05, 3.63) is 24.7 Å². The Morgan fingerprint density at radius 1 is 1.18 bits per heavy atom. The first kappa shape index (κ1) is 14.0. The third-order valence-electron chi connectivity index (χ3n) is 3.19. The van der Waals surface area contributed by atoms with Crippen LogP contribution in [0.4, 0.5) is 0 Å². The smallest absolute Gasteiger partial charge is 0.0576 e. The summed E-state index contributed by atoms with van der Waals surface area (Å²) in [4.78, 5) is 6.24. The Hall–Kier alpha value is -1.05. The lowest BCUT2D eigenvalue weighted by atomic mass is 10.1. The van der Waals surface area contributed by atoms with Crippen LogP contribution in [0.2, 0.25) is 0 Å². The second-order valence-corrected chi connectivity index (χ2v) is 4.72. The summed E-state index contributed by atoms with van der Waals surface area (Å²) in [6.45, 7) is 7.28. The van der Waals surface area contributed by atoms with Crippen LogP contribution in [-0.4, -0.2) is 17.7 Å². The lowest BCUT2D eigenvalue weighted by Crippen LogP contribution is -2.20. The SMILES string of the molecule is C=C(CCCCCCCCC)N1C=CN=CC1. The van der Waals surface area contributed by atoms with Gasteiger partial charge in [-0.05, 0) is 12.8 Å². The number of hydrogen-bond donors (Lipinski definition) is 0. The van der Waals surface area contributed by atoms with E-state index in [1.807, 2.05) is 18.6 Å². The molecule has 2 nitrogen and oxygen atoms in total. The van der Waals surface area contributed by atoms with Crippen molar-refractivity contribution in [2.24, 2.45) is 4.99 Å². The third kappa shape index (κ3) is 6.30. The average Bonchev–Trinajstić information content (AvgIpc) is 2.38. The van der Waals surface area contributed by atoms with Crippen molar-refractivity contribution < 1.29 is 0 Å². The molecular weight excluding hydrogens is 208 g/mol. The van der Waals surface area contributed by atoms with E-state index in [1.54, 1.807) is 0 Å². The molecule has 0 unspecified atom stereocenters.